The van der Waals surface area contributed by atoms with Gasteiger partial charge in [-0.3, -0.25) is 14.6 Å². The van der Waals surface area contributed by atoms with Crippen LogP contribution in [0.4, 0.5) is 4.39 Å². The summed E-state index contributed by atoms with van der Waals surface area (Å²) < 4.78 is 13.2. The molecule has 2 aromatic heterocycles. The number of rotatable bonds is 4. The lowest BCUT2D eigenvalue weighted by molar-refractivity contribution is 0.0942. The first-order valence-electron chi connectivity index (χ1n) is 7.28. The van der Waals surface area contributed by atoms with Crippen LogP contribution in [0.3, 0.4) is 0 Å². The lowest BCUT2D eigenvalue weighted by Gasteiger charge is -2.19. The van der Waals surface area contributed by atoms with E-state index in [1.807, 2.05) is 0 Å². The third kappa shape index (κ3) is 3.55. The summed E-state index contributed by atoms with van der Waals surface area (Å²) in [5.41, 5.74) is 1.60. The molecule has 5 nitrogen and oxygen atoms in total. The standard InChI is InChI=1S/C18H14FN3O2/c19-15-4-1-12(2-5-15)17(13-7-9-20-10-8-13)22-18(24)14-3-6-16(23)21-11-14/h1-11,17H,(H,21,23)(H,22,24)/t17-/m0/s1. The Kier molecular flexibility index (Phi) is 4.47. The van der Waals surface area contributed by atoms with Gasteiger partial charge in [0, 0.05) is 24.7 Å². The molecule has 6 heteroatoms. The maximum Gasteiger partial charge on any atom is 0.253 e. The van der Waals surface area contributed by atoms with Gasteiger partial charge in [0.15, 0.2) is 0 Å². The molecule has 0 bridgehead atoms. The number of aromatic amines is 1. The van der Waals surface area contributed by atoms with Gasteiger partial charge >= 0.3 is 0 Å². The maximum absolute atomic E-state index is 13.2. The van der Waals surface area contributed by atoms with Gasteiger partial charge in [-0.1, -0.05) is 12.1 Å². The molecule has 0 aliphatic rings. The number of pyridine rings is 2. The van der Waals surface area contributed by atoms with Gasteiger partial charge in [0.2, 0.25) is 5.56 Å². The first-order valence-corrected chi connectivity index (χ1v) is 7.28. The highest BCUT2D eigenvalue weighted by Gasteiger charge is 2.18. The normalized spacial score (nSPS) is 11.7. The van der Waals surface area contributed by atoms with Gasteiger partial charge in [-0.2, -0.15) is 0 Å². The zero-order valence-corrected chi connectivity index (χ0v) is 12.6. The fourth-order valence-electron chi connectivity index (χ4n) is 2.34. The smallest absolute Gasteiger partial charge is 0.253 e. The van der Waals surface area contributed by atoms with E-state index in [0.29, 0.717) is 5.56 Å². The minimum atomic E-state index is -0.465. The van der Waals surface area contributed by atoms with Crippen molar-refractivity contribution in [1.29, 1.82) is 0 Å². The SMILES string of the molecule is O=C(N[C@H](c1ccncc1)c1ccc(F)cc1)c1ccc(=O)[nH]c1. The second-order valence-corrected chi connectivity index (χ2v) is 5.18. The summed E-state index contributed by atoms with van der Waals surface area (Å²) in [6.07, 6.45) is 4.60. The number of halogens is 1. The number of nitrogens with zero attached hydrogens (tertiary/aromatic N) is 1. The molecule has 0 spiro atoms. The van der Waals surface area contributed by atoms with Crippen molar-refractivity contribution in [1.82, 2.24) is 15.3 Å². The summed E-state index contributed by atoms with van der Waals surface area (Å²) in [5.74, 6) is -0.698. The molecule has 24 heavy (non-hydrogen) atoms. The monoisotopic (exact) mass is 323 g/mol. The van der Waals surface area contributed by atoms with E-state index in [-0.39, 0.29) is 17.3 Å². The van der Waals surface area contributed by atoms with E-state index in [0.717, 1.165) is 11.1 Å². The number of H-pyrrole nitrogens is 1. The number of hydrogen-bond acceptors (Lipinski definition) is 3. The molecule has 1 aromatic carbocycles. The summed E-state index contributed by atoms with van der Waals surface area (Å²) in [5, 5.41) is 2.89. The van der Waals surface area contributed by atoms with Crippen molar-refractivity contribution in [3.63, 3.8) is 0 Å². The van der Waals surface area contributed by atoms with Crippen LogP contribution in [-0.2, 0) is 0 Å². The molecule has 0 saturated heterocycles. The van der Waals surface area contributed by atoms with E-state index < -0.39 is 6.04 Å². The summed E-state index contributed by atoms with van der Waals surface area (Å²) in [6.45, 7) is 0. The topological polar surface area (TPSA) is 74.8 Å². The lowest BCUT2D eigenvalue weighted by Crippen LogP contribution is -2.29. The van der Waals surface area contributed by atoms with Gasteiger partial charge < -0.3 is 10.3 Å². The van der Waals surface area contributed by atoms with Crippen molar-refractivity contribution >= 4 is 5.91 Å². The summed E-state index contributed by atoms with van der Waals surface area (Å²) in [7, 11) is 0. The quantitative estimate of drug-likeness (QED) is 0.774. The van der Waals surface area contributed by atoms with E-state index in [2.05, 4.69) is 15.3 Å². The van der Waals surface area contributed by atoms with Crippen LogP contribution in [0, 0.1) is 5.82 Å². The van der Waals surface area contributed by atoms with Crippen molar-refractivity contribution < 1.29 is 9.18 Å². The third-order valence-corrected chi connectivity index (χ3v) is 3.56. The second kappa shape index (κ2) is 6.87. The van der Waals surface area contributed by atoms with Crippen molar-refractivity contribution in [2.75, 3.05) is 0 Å². The molecule has 0 fully saturated rings. The van der Waals surface area contributed by atoms with E-state index >= 15 is 0 Å². The molecule has 0 aliphatic heterocycles. The Morgan fingerprint density at radius 3 is 2.29 bits per heavy atom. The average molecular weight is 323 g/mol. The third-order valence-electron chi connectivity index (χ3n) is 3.56. The Hall–Kier alpha value is -3.28. The first kappa shape index (κ1) is 15.6. The average Bonchev–Trinajstić information content (AvgIpc) is 2.62. The van der Waals surface area contributed by atoms with E-state index in [1.54, 1.807) is 36.7 Å². The zero-order valence-electron chi connectivity index (χ0n) is 12.6. The number of amides is 1. The fraction of sp³-hybridized carbons (Fsp3) is 0.0556. The Balaban J connectivity index is 1.93. The molecule has 0 unspecified atom stereocenters. The molecule has 2 heterocycles. The largest absolute Gasteiger partial charge is 0.341 e. The van der Waals surface area contributed by atoms with Crippen molar-refractivity contribution in [2.45, 2.75) is 6.04 Å². The van der Waals surface area contributed by atoms with Crippen molar-refractivity contribution in [2.24, 2.45) is 0 Å². The van der Waals surface area contributed by atoms with Gasteiger partial charge in [-0.25, -0.2) is 4.39 Å². The van der Waals surface area contributed by atoms with Gasteiger partial charge in [0.25, 0.3) is 5.91 Å². The lowest BCUT2D eigenvalue weighted by atomic mass is 9.99. The second-order valence-electron chi connectivity index (χ2n) is 5.18. The highest BCUT2D eigenvalue weighted by Crippen LogP contribution is 2.22. The first-order chi connectivity index (χ1) is 11.6. The van der Waals surface area contributed by atoms with Crippen LogP contribution in [0.5, 0.6) is 0 Å². The maximum atomic E-state index is 13.2. The number of carbonyl (C=O) groups excluding carboxylic acids is 1. The Morgan fingerprint density at radius 1 is 1.00 bits per heavy atom. The van der Waals surface area contributed by atoms with Gasteiger partial charge in [0.1, 0.15) is 5.82 Å². The predicted octanol–water partition coefficient (Wildman–Crippen LogP) is 2.43. The number of hydrogen-bond donors (Lipinski definition) is 2. The molecular weight excluding hydrogens is 309 g/mol. The summed E-state index contributed by atoms with van der Waals surface area (Å²) in [4.78, 5) is 30.0. The highest BCUT2D eigenvalue weighted by molar-refractivity contribution is 5.94. The molecule has 120 valence electrons. The van der Waals surface area contributed by atoms with Crippen LogP contribution >= 0.6 is 0 Å². The molecule has 0 radical (unpaired) electrons. The molecule has 3 aromatic rings. The van der Waals surface area contributed by atoms with Gasteiger partial charge in [-0.15, -0.1) is 0 Å². The molecule has 3 rings (SSSR count). The summed E-state index contributed by atoms with van der Waals surface area (Å²) in [6, 6.07) is 11.7. The van der Waals surface area contributed by atoms with Crippen LogP contribution in [0.25, 0.3) is 0 Å². The van der Waals surface area contributed by atoms with Crippen LogP contribution in [0.1, 0.15) is 27.5 Å². The number of aromatic nitrogens is 2. The molecule has 0 aliphatic carbocycles. The van der Waals surface area contributed by atoms with Crippen LogP contribution < -0.4 is 10.9 Å². The van der Waals surface area contributed by atoms with Crippen LogP contribution in [0.15, 0.2) is 71.9 Å². The summed E-state index contributed by atoms with van der Waals surface area (Å²) >= 11 is 0. The van der Waals surface area contributed by atoms with Crippen molar-refractivity contribution in [3.8, 4) is 0 Å². The molecule has 1 atom stereocenters. The fourth-order valence-corrected chi connectivity index (χ4v) is 2.34. The Bertz CT molecular complexity index is 872. The van der Waals surface area contributed by atoms with Crippen LogP contribution in [0.2, 0.25) is 0 Å². The number of carbonyl (C=O) groups is 1. The highest BCUT2D eigenvalue weighted by atomic mass is 19.1. The van der Waals surface area contributed by atoms with Gasteiger partial charge in [-0.05, 0) is 41.5 Å². The predicted molar refractivity (Wildman–Crippen MR) is 87.0 cm³/mol. The van der Waals surface area contributed by atoms with E-state index in [4.69, 9.17) is 0 Å². The molecule has 0 saturated carbocycles. The number of benzene rings is 1. The Morgan fingerprint density at radius 2 is 1.67 bits per heavy atom. The van der Waals surface area contributed by atoms with Crippen LogP contribution in [-0.4, -0.2) is 15.9 Å². The van der Waals surface area contributed by atoms with Crippen molar-refractivity contribution in [3.05, 3.63) is 100.0 Å². The zero-order chi connectivity index (χ0) is 16.9. The molecule has 1 amide bonds. The number of nitrogens with one attached hydrogen (secondary N) is 2. The van der Waals surface area contributed by atoms with E-state index in [1.165, 1.54) is 30.5 Å². The molecular formula is C18H14FN3O2. The van der Waals surface area contributed by atoms with E-state index in [9.17, 15) is 14.0 Å². The molecule has 2 N–H and O–H groups in total. The Labute approximate surface area is 137 Å². The van der Waals surface area contributed by atoms with Gasteiger partial charge in [0.05, 0.1) is 11.6 Å². The minimum Gasteiger partial charge on any atom is -0.341 e. The minimum absolute atomic E-state index is 0.282.